The van der Waals surface area contributed by atoms with Gasteiger partial charge < -0.3 is 9.47 Å². The van der Waals surface area contributed by atoms with Crippen molar-refractivity contribution in [1.29, 1.82) is 0 Å². The van der Waals surface area contributed by atoms with Crippen LogP contribution in [-0.4, -0.2) is 25.2 Å². The summed E-state index contributed by atoms with van der Waals surface area (Å²) in [4.78, 5) is 23.9. The molecule has 192 valence electrons. The number of rotatable bonds is 8. The first-order valence-corrected chi connectivity index (χ1v) is 14.1. The highest BCUT2D eigenvalue weighted by Gasteiger charge is 2.60. The van der Waals surface area contributed by atoms with Crippen LogP contribution in [-0.2, 0) is 19.1 Å². The van der Waals surface area contributed by atoms with Gasteiger partial charge in [-0.2, -0.15) is 0 Å². The maximum absolute atomic E-state index is 12.2. The van der Waals surface area contributed by atoms with Crippen molar-refractivity contribution in [3.63, 3.8) is 0 Å². The van der Waals surface area contributed by atoms with Crippen molar-refractivity contribution in [1.82, 2.24) is 0 Å². The van der Waals surface area contributed by atoms with E-state index in [1.165, 1.54) is 52.1 Å². The lowest BCUT2D eigenvalue weighted by molar-refractivity contribution is -0.162. The summed E-state index contributed by atoms with van der Waals surface area (Å²) in [6.07, 6.45) is 16.0. The third-order valence-corrected chi connectivity index (χ3v) is 11.3. The number of ether oxygens (including phenoxy) is 2. The quantitative estimate of drug-likeness (QED) is 0.279. The molecule has 0 saturated heterocycles. The Balaban J connectivity index is 1.40. The Morgan fingerprint density at radius 1 is 0.971 bits per heavy atom. The van der Waals surface area contributed by atoms with Crippen molar-refractivity contribution in [2.45, 2.75) is 110 Å². The first kappa shape index (κ1) is 25.8. The lowest BCUT2D eigenvalue weighted by atomic mass is 9.44. The van der Waals surface area contributed by atoms with Gasteiger partial charge in [0.25, 0.3) is 0 Å². The number of hydrogen-bond acceptors (Lipinski definition) is 4. The van der Waals surface area contributed by atoms with E-state index in [0.29, 0.717) is 41.9 Å². The molecule has 4 nitrogen and oxygen atoms in total. The third kappa shape index (κ3) is 4.72. The predicted molar refractivity (Wildman–Crippen MR) is 135 cm³/mol. The molecular weight excluding hydrogens is 424 g/mol. The minimum Gasteiger partial charge on any atom is -0.469 e. The second-order valence-electron chi connectivity index (χ2n) is 12.7. The zero-order chi connectivity index (χ0) is 24.5. The smallest absolute Gasteiger partial charge is 0.306 e. The fourth-order valence-electron chi connectivity index (χ4n) is 9.41. The Kier molecular flexibility index (Phi) is 7.84. The molecule has 0 radical (unpaired) electrons. The zero-order valence-corrected chi connectivity index (χ0v) is 22.2. The van der Waals surface area contributed by atoms with Crippen LogP contribution in [0.15, 0.2) is 12.7 Å². The van der Waals surface area contributed by atoms with Crippen molar-refractivity contribution >= 4 is 11.9 Å². The molecule has 0 unspecified atom stereocenters. The largest absolute Gasteiger partial charge is 0.469 e. The summed E-state index contributed by atoms with van der Waals surface area (Å²) in [5, 5.41) is 0. The molecule has 0 aliphatic heterocycles. The van der Waals surface area contributed by atoms with Gasteiger partial charge in [-0.15, -0.1) is 6.58 Å². The van der Waals surface area contributed by atoms with Crippen LogP contribution in [0.2, 0.25) is 0 Å². The minimum absolute atomic E-state index is 0.0473. The average molecular weight is 473 g/mol. The highest BCUT2D eigenvalue weighted by molar-refractivity contribution is 5.69. The molecular formula is C30H48O4. The molecule has 9 atom stereocenters. The molecule has 4 saturated carbocycles. The van der Waals surface area contributed by atoms with Crippen LogP contribution in [0.4, 0.5) is 0 Å². The number of hydrogen-bond donors (Lipinski definition) is 0. The van der Waals surface area contributed by atoms with Crippen LogP contribution in [0.5, 0.6) is 0 Å². The molecule has 0 N–H and O–H groups in total. The number of fused-ring (bicyclic) bond motifs is 5. The highest BCUT2D eigenvalue weighted by Crippen LogP contribution is 2.68. The fourth-order valence-corrected chi connectivity index (χ4v) is 9.41. The Hall–Kier alpha value is -1.32. The van der Waals surface area contributed by atoms with Crippen molar-refractivity contribution < 1.29 is 19.1 Å². The van der Waals surface area contributed by atoms with Crippen molar-refractivity contribution in [3.05, 3.63) is 12.7 Å². The Bertz CT molecular complexity index is 761. The van der Waals surface area contributed by atoms with Gasteiger partial charge >= 0.3 is 11.9 Å². The summed E-state index contributed by atoms with van der Waals surface area (Å²) in [6.45, 7) is 11.3. The van der Waals surface area contributed by atoms with E-state index in [9.17, 15) is 9.59 Å². The molecule has 4 rings (SSSR count). The number of carbonyl (C=O) groups excluding carboxylic acids is 2. The summed E-state index contributed by atoms with van der Waals surface area (Å²) in [7, 11) is 1.50. The van der Waals surface area contributed by atoms with Gasteiger partial charge in [0.2, 0.25) is 0 Å². The molecule has 0 spiro atoms. The molecule has 0 aromatic carbocycles. The molecule has 0 aromatic heterocycles. The molecule has 0 aromatic rings. The summed E-state index contributed by atoms with van der Waals surface area (Å²) in [6, 6.07) is 0. The lowest BCUT2D eigenvalue weighted by Gasteiger charge is -2.61. The topological polar surface area (TPSA) is 52.6 Å². The maximum atomic E-state index is 12.2. The number of esters is 2. The van der Waals surface area contributed by atoms with Gasteiger partial charge in [-0.05, 0) is 117 Å². The Morgan fingerprint density at radius 3 is 2.44 bits per heavy atom. The minimum atomic E-state index is -0.0662. The van der Waals surface area contributed by atoms with Crippen LogP contribution in [0.3, 0.4) is 0 Å². The normalized spacial score (nSPS) is 42.0. The maximum Gasteiger partial charge on any atom is 0.306 e. The number of allylic oxidation sites excluding steroid dienone is 1. The first-order valence-electron chi connectivity index (χ1n) is 14.1. The van der Waals surface area contributed by atoms with E-state index >= 15 is 0 Å². The van der Waals surface area contributed by atoms with Gasteiger partial charge in [0.15, 0.2) is 0 Å². The van der Waals surface area contributed by atoms with E-state index in [1.807, 2.05) is 0 Å². The molecule has 4 aliphatic carbocycles. The summed E-state index contributed by atoms with van der Waals surface area (Å²) < 4.78 is 10.8. The molecule has 0 amide bonds. The fraction of sp³-hybridized carbons (Fsp3) is 0.867. The summed E-state index contributed by atoms with van der Waals surface area (Å²) >= 11 is 0. The molecule has 34 heavy (non-hydrogen) atoms. The molecule has 4 fully saturated rings. The average Bonchev–Trinajstić information content (AvgIpc) is 3.18. The zero-order valence-electron chi connectivity index (χ0n) is 22.2. The SMILES string of the molecule is C=CCCC(=O)O[C@@H]1CC[C@@]2(C)[C@H](CC[C@@H]3[C@@H]2CC[C@]2(C)[C@@H]([C@H](C)CCC(=O)OC)CC[C@@H]32)C1. The van der Waals surface area contributed by atoms with Gasteiger partial charge in [-0.3, -0.25) is 9.59 Å². The second kappa shape index (κ2) is 10.3. The lowest BCUT2D eigenvalue weighted by Crippen LogP contribution is -2.54. The van der Waals surface area contributed by atoms with E-state index in [-0.39, 0.29) is 18.0 Å². The standard InChI is InChI=1S/C30H48O4/c1-6-7-8-28(32)34-22-15-17-29(3)21(19-22)10-11-23-25-13-12-24(20(2)9-14-27(31)33-5)30(25,4)18-16-26(23)29/h6,20-26H,1,7-19H2,2-5H3/t20-,21-,22-,23+,24-,25+,26+,29+,30-/m1/s1. The molecule has 4 heteroatoms. The van der Waals surface area contributed by atoms with Gasteiger partial charge in [0.1, 0.15) is 6.10 Å². The molecule has 4 aliphatic rings. The van der Waals surface area contributed by atoms with Crippen LogP contribution in [0.25, 0.3) is 0 Å². The van der Waals surface area contributed by atoms with E-state index in [0.717, 1.165) is 42.9 Å². The van der Waals surface area contributed by atoms with Crippen LogP contribution in [0.1, 0.15) is 104 Å². The number of methoxy groups -OCH3 is 1. The van der Waals surface area contributed by atoms with Crippen molar-refractivity contribution in [2.75, 3.05) is 7.11 Å². The van der Waals surface area contributed by atoms with E-state index in [2.05, 4.69) is 27.4 Å². The van der Waals surface area contributed by atoms with Crippen LogP contribution >= 0.6 is 0 Å². The van der Waals surface area contributed by atoms with E-state index < -0.39 is 0 Å². The van der Waals surface area contributed by atoms with E-state index in [4.69, 9.17) is 9.47 Å². The Morgan fingerprint density at radius 2 is 1.71 bits per heavy atom. The van der Waals surface area contributed by atoms with Gasteiger partial charge in [0.05, 0.1) is 7.11 Å². The summed E-state index contributed by atoms with van der Waals surface area (Å²) in [5.41, 5.74) is 0.834. The molecule has 0 heterocycles. The van der Waals surface area contributed by atoms with Gasteiger partial charge in [-0.1, -0.05) is 26.8 Å². The molecule has 0 bridgehead atoms. The van der Waals surface area contributed by atoms with Crippen LogP contribution in [0, 0.1) is 46.3 Å². The predicted octanol–water partition coefficient (Wildman–Crippen LogP) is 7.11. The van der Waals surface area contributed by atoms with Crippen LogP contribution < -0.4 is 0 Å². The van der Waals surface area contributed by atoms with Gasteiger partial charge in [-0.25, -0.2) is 0 Å². The summed E-state index contributed by atoms with van der Waals surface area (Å²) in [5.74, 6) is 4.42. The van der Waals surface area contributed by atoms with Gasteiger partial charge in [0, 0.05) is 12.8 Å². The third-order valence-electron chi connectivity index (χ3n) is 11.3. The Labute approximate surface area is 207 Å². The number of carbonyl (C=O) groups is 2. The van der Waals surface area contributed by atoms with E-state index in [1.54, 1.807) is 6.08 Å². The highest BCUT2D eigenvalue weighted by atomic mass is 16.5. The van der Waals surface area contributed by atoms with Crippen molar-refractivity contribution in [3.8, 4) is 0 Å². The monoisotopic (exact) mass is 472 g/mol. The second-order valence-corrected chi connectivity index (χ2v) is 12.7. The van der Waals surface area contributed by atoms with Crippen molar-refractivity contribution in [2.24, 2.45) is 46.3 Å². The first-order chi connectivity index (χ1) is 16.2.